The number of hydrogen-bond donors (Lipinski definition) is 1. The first-order valence-corrected chi connectivity index (χ1v) is 10.0. The molecule has 2 aromatic heterocycles. The first kappa shape index (κ1) is 18.5. The maximum atomic E-state index is 12.5. The van der Waals surface area contributed by atoms with Gasteiger partial charge in [0.15, 0.2) is 0 Å². The summed E-state index contributed by atoms with van der Waals surface area (Å²) >= 11 is 1.23. The van der Waals surface area contributed by atoms with Crippen LogP contribution in [0.15, 0.2) is 58.4 Å². The lowest BCUT2D eigenvalue weighted by Crippen LogP contribution is -2.31. The van der Waals surface area contributed by atoms with Crippen molar-refractivity contribution in [3.63, 3.8) is 0 Å². The Morgan fingerprint density at radius 3 is 2.64 bits per heavy atom. The maximum Gasteiger partial charge on any atom is 0.277 e. The molecular weight excluding hydrogens is 376 g/mol. The van der Waals surface area contributed by atoms with Gasteiger partial charge in [0.05, 0.1) is 18.9 Å². The third-order valence-corrected chi connectivity index (χ3v) is 5.36. The summed E-state index contributed by atoms with van der Waals surface area (Å²) in [5.41, 5.74) is 1.89. The van der Waals surface area contributed by atoms with Gasteiger partial charge in [-0.05, 0) is 48.6 Å². The molecule has 0 aliphatic heterocycles. The van der Waals surface area contributed by atoms with Crippen LogP contribution in [0.4, 0.5) is 0 Å². The van der Waals surface area contributed by atoms with E-state index in [1.54, 1.807) is 31.6 Å². The summed E-state index contributed by atoms with van der Waals surface area (Å²) in [6.07, 6.45) is 5.58. The van der Waals surface area contributed by atoms with Gasteiger partial charge in [0.25, 0.3) is 5.22 Å². The van der Waals surface area contributed by atoms with Crippen LogP contribution in [0.5, 0.6) is 5.75 Å². The molecule has 8 heteroatoms. The van der Waals surface area contributed by atoms with E-state index < -0.39 is 0 Å². The third kappa shape index (κ3) is 4.51. The minimum atomic E-state index is -0.0543. The van der Waals surface area contributed by atoms with Gasteiger partial charge < -0.3 is 14.5 Å². The van der Waals surface area contributed by atoms with Crippen molar-refractivity contribution in [2.45, 2.75) is 24.1 Å². The molecule has 1 aliphatic carbocycles. The highest BCUT2D eigenvalue weighted by Gasteiger charge is 2.33. The summed E-state index contributed by atoms with van der Waals surface area (Å²) in [7, 11) is 1.64. The highest BCUT2D eigenvalue weighted by molar-refractivity contribution is 7.99. The zero-order chi connectivity index (χ0) is 19.3. The number of rotatable bonds is 8. The van der Waals surface area contributed by atoms with Gasteiger partial charge >= 0.3 is 0 Å². The van der Waals surface area contributed by atoms with Gasteiger partial charge in [-0.1, -0.05) is 23.9 Å². The summed E-state index contributed by atoms with van der Waals surface area (Å²) in [5, 5.41) is 11.5. The zero-order valence-corrected chi connectivity index (χ0v) is 16.2. The average molecular weight is 396 g/mol. The Kier molecular flexibility index (Phi) is 5.57. The van der Waals surface area contributed by atoms with Crippen LogP contribution in [-0.2, 0) is 4.79 Å². The van der Waals surface area contributed by atoms with E-state index in [9.17, 15) is 4.79 Å². The SMILES string of the molecule is COc1ccc(C(NC(=O)CSc2nnc(-c3ccncc3)o2)C2CC2)cc1. The van der Waals surface area contributed by atoms with Crippen molar-refractivity contribution in [1.82, 2.24) is 20.5 Å². The monoisotopic (exact) mass is 396 g/mol. The number of nitrogens with one attached hydrogen (secondary N) is 1. The quantitative estimate of drug-likeness (QED) is 0.583. The highest BCUT2D eigenvalue weighted by atomic mass is 32.2. The molecule has 1 saturated carbocycles. The summed E-state index contributed by atoms with van der Waals surface area (Å²) in [6.45, 7) is 0. The standard InChI is InChI=1S/C20H20N4O3S/c1-26-16-6-4-14(5-7-16)18(13-2-3-13)22-17(25)12-28-20-24-23-19(27-20)15-8-10-21-11-9-15/h4-11,13,18H,2-3,12H2,1H3,(H,22,25). The average Bonchev–Trinajstić information content (AvgIpc) is 3.48. The molecule has 0 bridgehead atoms. The molecule has 2 heterocycles. The number of ether oxygens (including phenoxy) is 1. The predicted molar refractivity (Wildman–Crippen MR) is 105 cm³/mol. The van der Waals surface area contributed by atoms with Crippen LogP contribution < -0.4 is 10.1 Å². The molecule has 0 spiro atoms. The van der Waals surface area contributed by atoms with Gasteiger partial charge in [-0.15, -0.1) is 10.2 Å². The Hall–Kier alpha value is -2.87. The number of thioether (sulfide) groups is 1. The summed E-state index contributed by atoms with van der Waals surface area (Å²) in [4.78, 5) is 16.4. The van der Waals surface area contributed by atoms with Gasteiger partial charge in [-0.25, -0.2) is 0 Å². The Balaban J connectivity index is 1.35. The van der Waals surface area contributed by atoms with Gasteiger partial charge in [0.1, 0.15) is 5.75 Å². The Morgan fingerprint density at radius 2 is 1.96 bits per heavy atom. The van der Waals surface area contributed by atoms with Crippen molar-refractivity contribution in [1.29, 1.82) is 0 Å². The van der Waals surface area contributed by atoms with Gasteiger partial charge in [0.2, 0.25) is 11.8 Å². The fourth-order valence-electron chi connectivity index (χ4n) is 2.94. The van der Waals surface area contributed by atoms with E-state index in [-0.39, 0.29) is 17.7 Å². The topological polar surface area (TPSA) is 90.1 Å². The van der Waals surface area contributed by atoms with Crippen molar-refractivity contribution >= 4 is 17.7 Å². The molecule has 28 heavy (non-hydrogen) atoms. The third-order valence-electron chi connectivity index (χ3n) is 4.55. The lowest BCUT2D eigenvalue weighted by molar-refractivity contribution is -0.119. The maximum absolute atomic E-state index is 12.5. The molecule has 0 saturated heterocycles. The number of benzene rings is 1. The number of hydrogen-bond acceptors (Lipinski definition) is 7. The molecule has 144 valence electrons. The van der Waals surface area contributed by atoms with Crippen molar-refractivity contribution in [2.24, 2.45) is 5.92 Å². The first-order valence-electron chi connectivity index (χ1n) is 9.03. The number of carbonyl (C=O) groups is 1. The second-order valence-electron chi connectivity index (χ2n) is 6.55. The molecule has 1 N–H and O–H groups in total. The molecule has 1 amide bonds. The number of amides is 1. The van der Waals surface area contributed by atoms with E-state index >= 15 is 0 Å². The molecule has 1 unspecified atom stereocenters. The number of methoxy groups -OCH3 is 1. The van der Waals surface area contributed by atoms with Gasteiger partial charge in [-0.3, -0.25) is 9.78 Å². The molecule has 1 atom stereocenters. The Labute approximate surface area is 166 Å². The Bertz CT molecular complexity index is 926. The fourth-order valence-corrected chi connectivity index (χ4v) is 3.51. The first-order chi connectivity index (χ1) is 13.7. The molecule has 7 nitrogen and oxygen atoms in total. The number of nitrogens with zero attached hydrogens (tertiary/aromatic N) is 3. The van der Waals surface area contributed by atoms with E-state index in [0.29, 0.717) is 17.0 Å². The molecular formula is C20H20N4O3S. The van der Waals surface area contributed by atoms with Crippen LogP contribution in [0.1, 0.15) is 24.4 Å². The van der Waals surface area contributed by atoms with Crippen molar-refractivity contribution in [3.8, 4) is 17.2 Å². The van der Waals surface area contributed by atoms with Gasteiger partial charge in [0, 0.05) is 18.0 Å². The summed E-state index contributed by atoms with van der Waals surface area (Å²) in [5.74, 6) is 1.88. The molecule has 1 aliphatic rings. The van der Waals surface area contributed by atoms with E-state index in [2.05, 4.69) is 20.5 Å². The number of carbonyl (C=O) groups excluding carboxylic acids is 1. The van der Waals surface area contributed by atoms with Crippen molar-refractivity contribution in [3.05, 3.63) is 54.4 Å². The summed E-state index contributed by atoms with van der Waals surface area (Å²) in [6, 6.07) is 11.5. The number of aromatic nitrogens is 3. The van der Waals surface area contributed by atoms with E-state index in [0.717, 1.165) is 29.7 Å². The second-order valence-corrected chi connectivity index (χ2v) is 7.48. The van der Waals surface area contributed by atoms with Crippen molar-refractivity contribution in [2.75, 3.05) is 12.9 Å². The smallest absolute Gasteiger partial charge is 0.277 e. The fraction of sp³-hybridized carbons (Fsp3) is 0.300. The van der Waals surface area contributed by atoms with Gasteiger partial charge in [-0.2, -0.15) is 0 Å². The van der Waals surface area contributed by atoms with Crippen LogP contribution in [0.25, 0.3) is 11.5 Å². The highest BCUT2D eigenvalue weighted by Crippen LogP contribution is 2.41. The zero-order valence-electron chi connectivity index (χ0n) is 15.4. The largest absolute Gasteiger partial charge is 0.497 e. The van der Waals surface area contributed by atoms with Crippen LogP contribution in [0.2, 0.25) is 0 Å². The lowest BCUT2D eigenvalue weighted by Gasteiger charge is -2.19. The van der Waals surface area contributed by atoms with Crippen LogP contribution in [-0.4, -0.2) is 34.0 Å². The molecule has 0 radical (unpaired) electrons. The van der Waals surface area contributed by atoms with Crippen molar-refractivity contribution < 1.29 is 13.9 Å². The summed E-state index contributed by atoms with van der Waals surface area (Å²) < 4.78 is 10.8. The number of pyridine rings is 1. The molecule has 4 rings (SSSR count). The minimum absolute atomic E-state index is 0.0223. The van der Waals surface area contributed by atoms with E-state index in [4.69, 9.17) is 9.15 Å². The molecule has 1 fully saturated rings. The second kappa shape index (κ2) is 8.43. The Morgan fingerprint density at radius 1 is 1.21 bits per heavy atom. The van der Waals surface area contributed by atoms with Crippen LogP contribution in [0.3, 0.4) is 0 Å². The van der Waals surface area contributed by atoms with Crippen LogP contribution >= 0.6 is 11.8 Å². The molecule has 3 aromatic rings. The normalized spacial score (nSPS) is 14.5. The molecule has 1 aromatic carbocycles. The lowest BCUT2D eigenvalue weighted by atomic mass is 10.0. The van der Waals surface area contributed by atoms with E-state index in [1.165, 1.54) is 11.8 Å². The predicted octanol–water partition coefficient (Wildman–Crippen LogP) is 3.50. The minimum Gasteiger partial charge on any atom is -0.497 e. The van der Waals surface area contributed by atoms with E-state index in [1.807, 2.05) is 24.3 Å². The van der Waals surface area contributed by atoms with Crippen LogP contribution in [0, 0.1) is 5.92 Å².